The first-order valence-corrected chi connectivity index (χ1v) is 9.14. The third-order valence-corrected chi connectivity index (χ3v) is 5.25. The molecule has 0 bridgehead atoms. The summed E-state index contributed by atoms with van der Waals surface area (Å²) in [6, 6.07) is 24.4. The van der Waals surface area contributed by atoms with Gasteiger partial charge in [-0.3, -0.25) is 9.78 Å². The average Bonchev–Trinajstić information content (AvgIpc) is 3.17. The molecule has 0 saturated heterocycles. The highest BCUT2D eigenvalue weighted by molar-refractivity contribution is 6.14. The number of carbonyl (C=O) groups is 1. The third-order valence-electron chi connectivity index (χ3n) is 5.25. The van der Waals surface area contributed by atoms with Gasteiger partial charge in [-0.05, 0) is 64.2 Å². The van der Waals surface area contributed by atoms with Gasteiger partial charge in [0, 0.05) is 30.2 Å². The van der Waals surface area contributed by atoms with E-state index in [9.17, 15) is 4.79 Å². The first kappa shape index (κ1) is 15.8. The highest BCUT2D eigenvalue weighted by Gasteiger charge is 2.26. The Hall–Kier alpha value is -3.46. The molecule has 0 aliphatic carbocycles. The molecule has 0 atom stereocenters. The molecule has 0 spiro atoms. The predicted octanol–water partition coefficient (Wildman–Crippen LogP) is 5.10. The van der Waals surface area contributed by atoms with Crippen molar-refractivity contribution >= 4 is 22.4 Å². The van der Waals surface area contributed by atoms with Crippen LogP contribution in [0.15, 0.2) is 85.2 Å². The monoisotopic (exact) mass is 350 g/mol. The van der Waals surface area contributed by atoms with Gasteiger partial charge in [0.2, 0.25) is 0 Å². The molecule has 0 fully saturated rings. The summed E-state index contributed by atoms with van der Waals surface area (Å²) < 4.78 is 0. The molecule has 3 aromatic carbocycles. The largest absolute Gasteiger partial charge is 0.308 e. The van der Waals surface area contributed by atoms with Crippen molar-refractivity contribution < 1.29 is 4.79 Å². The molecular weight excluding hydrogens is 332 g/mol. The van der Waals surface area contributed by atoms with Crippen LogP contribution in [0.5, 0.6) is 0 Å². The minimum atomic E-state index is 0.0715. The molecule has 2 heterocycles. The van der Waals surface area contributed by atoms with E-state index in [0.29, 0.717) is 0 Å². The van der Waals surface area contributed by atoms with E-state index < -0.39 is 0 Å². The minimum Gasteiger partial charge on any atom is -0.308 e. The van der Waals surface area contributed by atoms with E-state index in [0.717, 1.165) is 46.1 Å². The summed E-state index contributed by atoms with van der Waals surface area (Å²) in [4.78, 5) is 19.3. The zero-order chi connectivity index (χ0) is 18.2. The van der Waals surface area contributed by atoms with Gasteiger partial charge in [0.15, 0.2) is 0 Å². The van der Waals surface area contributed by atoms with Gasteiger partial charge >= 0.3 is 0 Å². The number of anilines is 1. The van der Waals surface area contributed by atoms with Crippen molar-refractivity contribution in [2.24, 2.45) is 0 Å². The second kappa shape index (κ2) is 6.36. The summed E-state index contributed by atoms with van der Waals surface area (Å²) in [7, 11) is 0. The fourth-order valence-corrected chi connectivity index (χ4v) is 3.89. The lowest BCUT2D eigenvalue weighted by Crippen LogP contribution is -2.29. The van der Waals surface area contributed by atoms with Gasteiger partial charge in [0.05, 0.1) is 0 Å². The van der Waals surface area contributed by atoms with E-state index in [2.05, 4.69) is 23.2 Å². The number of carbonyl (C=O) groups excluding carboxylic acids is 1. The van der Waals surface area contributed by atoms with Crippen LogP contribution in [0.4, 0.5) is 5.69 Å². The van der Waals surface area contributed by atoms with Crippen molar-refractivity contribution in [2.75, 3.05) is 11.4 Å². The molecule has 0 N–H and O–H groups in total. The quantitative estimate of drug-likeness (QED) is 0.504. The van der Waals surface area contributed by atoms with Crippen LogP contribution < -0.4 is 4.90 Å². The number of rotatable bonds is 2. The molecule has 0 unspecified atom stereocenters. The number of hydrogen-bond acceptors (Lipinski definition) is 2. The molecule has 0 radical (unpaired) electrons. The van der Waals surface area contributed by atoms with Crippen LogP contribution in [0.25, 0.3) is 21.9 Å². The van der Waals surface area contributed by atoms with Crippen LogP contribution in [0.1, 0.15) is 15.9 Å². The van der Waals surface area contributed by atoms with Crippen molar-refractivity contribution in [3.05, 3.63) is 96.3 Å². The summed E-state index contributed by atoms with van der Waals surface area (Å²) in [5, 5.41) is 2.10. The third kappa shape index (κ3) is 2.68. The number of pyridine rings is 1. The predicted molar refractivity (Wildman–Crippen MR) is 109 cm³/mol. The lowest BCUT2D eigenvalue weighted by Gasteiger charge is -2.19. The van der Waals surface area contributed by atoms with E-state index >= 15 is 0 Å². The van der Waals surface area contributed by atoms with Crippen LogP contribution in [0, 0.1) is 0 Å². The summed E-state index contributed by atoms with van der Waals surface area (Å²) >= 11 is 0. The van der Waals surface area contributed by atoms with Gasteiger partial charge < -0.3 is 4.90 Å². The fraction of sp³-hybridized carbons (Fsp3) is 0.0833. The summed E-state index contributed by atoms with van der Waals surface area (Å²) in [6.45, 7) is 0.719. The van der Waals surface area contributed by atoms with Crippen LogP contribution in [0.3, 0.4) is 0 Å². The standard InChI is InChI=1S/C24H18N2O/c27-24(22-7-3-5-18-4-1-2-6-21(18)22)26-15-12-20-16-19(8-9-23(20)26)17-10-13-25-14-11-17/h1-11,13-14,16H,12,15H2. The molecule has 3 nitrogen and oxygen atoms in total. The number of hydrogen-bond donors (Lipinski definition) is 0. The van der Waals surface area contributed by atoms with Crippen molar-refractivity contribution in [2.45, 2.75) is 6.42 Å². The van der Waals surface area contributed by atoms with E-state index in [1.807, 2.05) is 59.5 Å². The lowest BCUT2D eigenvalue weighted by atomic mass is 10.0. The van der Waals surface area contributed by atoms with E-state index in [1.54, 1.807) is 12.4 Å². The maximum Gasteiger partial charge on any atom is 0.258 e. The Balaban J connectivity index is 1.53. The summed E-state index contributed by atoms with van der Waals surface area (Å²) in [5.74, 6) is 0.0715. The SMILES string of the molecule is O=C(c1cccc2ccccc12)N1CCc2cc(-c3ccncc3)ccc21. The second-order valence-corrected chi connectivity index (χ2v) is 6.81. The van der Waals surface area contributed by atoms with Crippen molar-refractivity contribution in [1.82, 2.24) is 4.98 Å². The van der Waals surface area contributed by atoms with Crippen molar-refractivity contribution in [3.63, 3.8) is 0 Å². The van der Waals surface area contributed by atoms with Gasteiger partial charge in [0.1, 0.15) is 0 Å². The van der Waals surface area contributed by atoms with Gasteiger partial charge in [0.25, 0.3) is 5.91 Å². The van der Waals surface area contributed by atoms with Crippen molar-refractivity contribution in [3.8, 4) is 11.1 Å². The molecule has 1 amide bonds. The van der Waals surface area contributed by atoms with Crippen LogP contribution in [-0.2, 0) is 6.42 Å². The molecule has 0 saturated carbocycles. The maximum atomic E-state index is 13.3. The number of benzene rings is 3. The number of amides is 1. The maximum absolute atomic E-state index is 13.3. The molecule has 3 heteroatoms. The molecule has 1 aromatic heterocycles. The zero-order valence-corrected chi connectivity index (χ0v) is 14.8. The van der Waals surface area contributed by atoms with Gasteiger partial charge in [-0.1, -0.05) is 42.5 Å². The summed E-state index contributed by atoms with van der Waals surface area (Å²) in [6.07, 6.45) is 4.49. The lowest BCUT2D eigenvalue weighted by molar-refractivity contribution is 0.0991. The van der Waals surface area contributed by atoms with Crippen LogP contribution in [-0.4, -0.2) is 17.4 Å². The fourth-order valence-electron chi connectivity index (χ4n) is 3.89. The van der Waals surface area contributed by atoms with Gasteiger partial charge in [-0.2, -0.15) is 0 Å². The highest BCUT2D eigenvalue weighted by atomic mass is 16.2. The van der Waals surface area contributed by atoms with Gasteiger partial charge in [-0.15, -0.1) is 0 Å². The van der Waals surface area contributed by atoms with Gasteiger partial charge in [-0.25, -0.2) is 0 Å². The van der Waals surface area contributed by atoms with Crippen LogP contribution in [0.2, 0.25) is 0 Å². The number of nitrogens with zero attached hydrogens (tertiary/aromatic N) is 2. The Kier molecular flexibility index (Phi) is 3.72. The Morgan fingerprint density at radius 2 is 1.67 bits per heavy atom. The first-order valence-electron chi connectivity index (χ1n) is 9.14. The normalized spacial score (nSPS) is 13.0. The highest BCUT2D eigenvalue weighted by Crippen LogP contribution is 2.34. The van der Waals surface area contributed by atoms with E-state index in [1.165, 1.54) is 5.56 Å². The Labute approximate surface area is 157 Å². The second-order valence-electron chi connectivity index (χ2n) is 6.81. The Morgan fingerprint density at radius 3 is 2.56 bits per heavy atom. The zero-order valence-electron chi connectivity index (χ0n) is 14.8. The topological polar surface area (TPSA) is 33.2 Å². The molecule has 4 aromatic rings. The molecule has 130 valence electrons. The molecule has 1 aliphatic rings. The van der Waals surface area contributed by atoms with E-state index in [-0.39, 0.29) is 5.91 Å². The first-order chi connectivity index (χ1) is 13.3. The Bertz CT molecular complexity index is 1150. The molecule has 27 heavy (non-hydrogen) atoms. The Morgan fingerprint density at radius 1 is 0.852 bits per heavy atom. The average molecular weight is 350 g/mol. The number of aromatic nitrogens is 1. The smallest absolute Gasteiger partial charge is 0.258 e. The summed E-state index contributed by atoms with van der Waals surface area (Å²) in [5.41, 5.74) is 5.31. The van der Waals surface area contributed by atoms with Crippen LogP contribution >= 0.6 is 0 Å². The molecule has 1 aliphatic heterocycles. The minimum absolute atomic E-state index is 0.0715. The molecule has 5 rings (SSSR count). The van der Waals surface area contributed by atoms with E-state index in [4.69, 9.17) is 0 Å². The van der Waals surface area contributed by atoms with Crippen molar-refractivity contribution in [1.29, 1.82) is 0 Å². The molecular formula is C24H18N2O. The number of fused-ring (bicyclic) bond motifs is 2.